The van der Waals surface area contributed by atoms with Crippen LogP contribution in [0.25, 0.3) is 11.4 Å². The van der Waals surface area contributed by atoms with Gasteiger partial charge in [0.15, 0.2) is 11.5 Å². The maximum atomic E-state index is 14.8. The molecule has 2 aliphatic heterocycles. The molecule has 1 aromatic heterocycles. The van der Waals surface area contributed by atoms with Gasteiger partial charge in [0.25, 0.3) is 5.91 Å². The minimum atomic E-state index is -0.654. The Morgan fingerprint density at radius 3 is 2.66 bits per heavy atom. The van der Waals surface area contributed by atoms with Crippen LogP contribution in [-0.4, -0.2) is 83.9 Å². The normalized spacial score (nSPS) is 17.5. The van der Waals surface area contributed by atoms with E-state index in [2.05, 4.69) is 20.4 Å². The lowest BCUT2D eigenvalue weighted by molar-refractivity contribution is -0.134. The molecule has 2 fully saturated rings. The van der Waals surface area contributed by atoms with E-state index in [1.54, 1.807) is 42.2 Å². The molecule has 1 aliphatic carbocycles. The van der Waals surface area contributed by atoms with E-state index in [9.17, 15) is 14.0 Å². The van der Waals surface area contributed by atoms with Crippen LogP contribution in [0.2, 0.25) is 0 Å². The van der Waals surface area contributed by atoms with Crippen molar-refractivity contribution < 1.29 is 32.7 Å². The molecule has 3 heterocycles. The first-order chi connectivity index (χ1) is 21.4. The van der Waals surface area contributed by atoms with Gasteiger partial charge in [0.05, 0.1) is 12.2 Å². The van der Waals surface area contributed by atoms with Gasteiger partial charge >= 0.3 is 0 Å². The molecule has 0 spiro atoms. The van der Waals surface area contributed by atoms with Crippen LogP contribution in [0.5, 0.6) is 17.2 Å². The summed E-state index contributed by atoms with van der Waals surface area (Å²) in [5, 5.41) is 6.77. The fraction of sp³-hybridized carbons (Fsp3) is 0.500. The molecule has 1 N–H and O–H groups in total. The van der Waals surface area contributed by atoms with Crippen molar-refractivity contribution in [3.05, 3.63) is 53.7 Å². The number of rotatable bonds is 11. The Kier molecular flexibility index (Phi) is 9.25. The predicted octanol–water partition coefficient (Wildman–Crippen LogP) is 4.07. The van der Waals surface area contributed by atoms with Crippen molar-refractivity contribution in [2.45, 2.75) is 51.5 Å². The topological polar surface area (TPSA) is 119 Å². The molecule has 1 saturated heterocycles. The highest BCUT2D eigenvalue weighted by molar-refractivity contribution is 5.98. The lowest BCUT2D eigenvalue weighted by Gasteiger charge is -2.36. The number of aromatic nitrogens is 2. The second-order valence-corrected chi connectivity index (χ2v) is 11.6. The highest BCUT2D eigenvalue weighted by Gasteiger charge is 2.27. The van der Waals surface area contributed by atoms with Crippen LogP contribution >= 0.6 is 0 Å². The Balaban J connectivity index is 0.893. The smallest absolute Gasteiger partial charge is 0.252 e. The molecule has 1 saturated carbocycles. The Morgan fingerprint density at radius 2 is 1.86 bits per heavy atom. The van der Waals surface area contributed by atoms with E-state index in [0.29, 0.717) is 59.9 Å². The Labute approximate surface area is 255 Å². The van der Waals surface area contributed by atoms with Gasteiger partial charge in [-0.3, -0.25) is 14.5 Å². The quantitative estimate of drug-likeness (QED) is 0.322. The summed E-state index contributed by atoms with van der Waals surface area (Å²) in [5.41, 5.74) is 0.711. The number of ether oxygens (including phenoxy) is 3. The summed E-state index contributed by atoms with van der Waals surface area (Å²) in [5.74, 6) is 2.08. The summed E-state index contributed by atoms with van der Waals surface area (Å²) >= 11 is 0. The Morgan fingerprint density at radius 1 is 1.07 bits per heavy atom. The van der Waals surface area contributed by atoms with Crippen LogP contribution in [0.3, 0.4) is 0 Å². The predicted molar refractivity (Wildman–Crippen MR) is 158 cm³/mol. The summed E-state index contributed by atoms with van der Waals surface area (Å²) in [6.07, 6.45) is 6.35. The van der Waals surface area contributed by atoms with Crippen molar-refractivity contribution >= 4 is 11.8 Å². The van der Waals surface area contributed by atoms with Crippen molar-refractivity contribution in [2.24, 2.45) is 5.92 Å². The summed E-state index contributed by atoms with van der Waals surface area (Å²) in [6.45, 7) is 5.68. The molecule has 1 unspecified atom stereocenters. The number of piperazine rings is 1. The van der Waals surface area contributed by atoms with E-state index in [-0.39, 0.29) is 24.4 Å². The second kappa shape index (κ2) is 13.6. The van der Waals surface area contributed by atoms with Crippen molar-refractivity contribution in [1.29, 1.82) is 0 Å². The van der Waals surface area contributed by atoms with Gasteiger partial charge in [-0.15, -0.1) is 0 Å². The van der Waals surface area contributed by atoms with Crippen LogP contribution in [0.4, 0.5) is 4.39 Å². The van der Waals surface area contributed by atoms with Crippen LogP contribution < -0.4 is 19.5 Å². The highest BCUT2D eigenvalue weighted by Crippen LogP contribution is 2.32. The van der Waals surface area contributed by atoms with Gasteiger partial charge in [0.2, 0.25) is 24.4 Å². The maximum absolute atomic E-state index is 14.8. The lowest BCUT2D eigenvalue weighted by Crippen LogP contribution is -2.54. The molecule has 2 amide bonds. The molecule has 12 heteroatoms. The first-order valence-electron chi connectivity index (χ1n) is 15.4. The molecule has 1 atom stereocenters. The average Bonchev–Trinajstić information content (AvgIpc) is 3.82. The number of carbonyl (C=O) groups is 2. The van der Waals surface area contributed by atoms with Crippen molar-refractivity contribution in [1.82, 2.24) is 25.3 Å². The number of amides is 2. The number of carbonyl (C=O) groups excluding carboxylic acids is 2. The zero-order valence-corrected chi connectivity index (χ0v) is 24.9. The van der Waals surface area contributed by atoms with E-state index in [0.717, 1.165) is 32.5 Å². The third-order valence-corrected chi connectivity index (χ3v) is 8.51. The standard InChI is InChI=1S/C32H38FN5O6/c1-21(34-31(39)23-7-10-27-28(18-23)43-20-42-27)32(40)38-14-12-37(13-15-38)11-4-16-41-24-8-9-25(26(33)19-24)30-35-29(44-36-30)17-22-5-2-3-6-22/h7-10,18-19,21-22H,2-6,11-17,20H2,1H3,(H,34,39). The Hall–Kier alpha value is -4.19. The number of halogens is 1. The van der Waals surface area contributed by atoms with Gasteiger partial charge in [0, 0.05) is 50.8 Å². The third-order valence-electron chi connectivity index (χ3n) is 8.51. The van der Waals surface area contributed by atoms with E-state index >= 15 is 0 Å². The zero-order valence-electron chi connectivity index (χ0n) is 24.9. The maximum Gasteiger partial charge on any atom is 0.252 e. The molecule has 0 radical (unpaired) electrons. The molecule has 2 aromatic carbocycles. The van der Waals surface area contributed by atoms with Gasteiger partial charge in [-0.25, -0.2) is 4.39 Å². The molecular weight excluding hydrogens is 569 g/mol. The van der Waals surface area contributed by atoms with Crippen LogP contribution in [0.1, 0.15) is 55.3 Å². The minimum absolute atomic E-state index is 0.113. The summed E-state index contributed by atoms with van der Waals surface area (Å²) in [7, 11) is 0. The summed E-state index contributed by atoms with van der Waals surface area (Å²) in [6, 6.07) is 9.01. The van der Waals surface area contributed by atoms with Gasteiger partial charge in [-0.05, 0) is 62.4 Å². The average molecular weight is 608 g/mol. The molecule has 3 aromatic rings. The number of nitrogens with one attached hydrogen (secondary N) is 1. The first kappa shape index (κ1) is 29.9. The lowest BCUT2D eigenvalue weighted by atomic mass is 10.0. The van der Waals surface area contributed by atoms with E-state index in [4.69, 9.17) is 18.7 Å². The van der Waals surface area contributed by atoms with Crippen molar-refractivity contribution in [2.75, 3.05) is 46.1 Å². The van der Waals surface area contributed by atoms with E-state index < -0.39 is 11.9 Å². The van der Waals surface area contributed by atoms with Crippen LogP contribution in [0.15, 0.2) is 40.9 Å². The van der Waals surface area contributed by atoms with Gasteiger partial charge in [-0.2, -0.15) is 4.98 Å². The number of hydrogen-bond donors (Lipinski definition) is 1. The Bertz CT molecular complexity index is 1470. The fourth-order valence-corrected chi connectivity index (χ4v) is 6.00. The largest absolute Gasteiger partial charge is 0.493 e. The van der Waals surface area contributed by atoms with Gasteiger partial charge < -0.3 is 29.0 Å². The second-order valence-electron chi connectivity index (χ2n) is 11.6. The van der Waals surface area contributed by atoms with Gasteiger partial charge in [0.1, 0.15) is 17.6 Å². The van der Waals surface area contributed by atoms with Crippen LogP contribution in [0, 0.1) is 11.7 Å². The number of nitrogens with zero attached hydrogens (tertiary/aromatic N) is 4. The monoisotopic (exact) mass is 607 g/mol. The fourth-order valence-electron chi connectivity index (χ4n) is 6.00. The molecule has 44 heavy (non-hydrogen) atoms. The van der Waals surface area contributed by atoms with Crippen molar-refractivity contribution in [3.8, 4) is 28.6 Å². The molecule has 234 valence electrons. The zero-order chi connectivity index (χ0) is 30.5. The third kappa shape index (κ3) is 7.12. The number of benzene rings is 2. The molecule has 6 rings (SSSR count). The van der Waals surface area contributed by atoms with Crippen molar-refractivity contribution in [3.63, 3.8) is 0 Å². The number of fused-ring (bicyclic) bond motifs is 1. The molecule has 11 nitrogen and oxygen atoms in total. The summed E-state index contributed by atoms with van der Waals surface area (Å²) < 4.78 is 36.6. The highest BCUT2D eigenvalue weighted by atomic mass is 19.1. The number of hydrogen-bond acceptors (Lipinski definition) is 9. The molecular formula is C32H38FN5O6. The molecule has 3 aliphatic rings. The first-order valence-corrected chi connectivity index (χ1v) is 15.4. The summed E-state index contributed by atoms with van der Waals surface area (Å²) in [4.78, 5) is 34.1. The van der Waals surface area contributed by atoms with Crippen LogP contribution in [-0.2, 0) is 11.2 Å². The minimum Gasteiger partial charge on any atom is -0.493 e. The van der Waals surface area contributed by atoms with Gasteiger partial charge in [-0.1, -0.05) is 18.0 Å². The molecule has 0 bridgehead atoms. The van der Waals surface area contributed by atoms with E-state index in [1.165, 1.54) is 31.7 Å². The van der Waals surface area contributed by atoms with E-state index in [1.807, 2.05) is 0 Å². The SMILES string of the molecule is CC(NC(=O)c1ccc2c(c1)OCO2)C(=O)N1CCN(CCCOc2ccc(-c3noc(CC4CCCC4)n3)c(F)c2)CC1.